The molecule has 0 fully saturated rings. The van der Waals surface area contributed by atoms with E-state index in [-0.39, 0.29) is 11.9 Å². The molecule has 0 unspecified atom stereocenters. The maximum atomic E-state index is 13.3. The van der Waals surface area contributed by atoms with E-state index >= 15 is 0 Å². The molecule has 2 aliphatic heterocycles. The fourth-order valence-electron chi connectivity index (χ4n) is 3.82. The number of hydrogen-bond donors (Lipinski definition) is 2. The Morgan fingerprint density at radius 3 is 2.90 bits per heavy atom. The maximum Gasteiger partial charge on any atom is 0.327 e. The smallest absolute Gasteiger partial charge is 0.327 e. The Morgan fingerprint density at radius 1 is 1.16 bits per heavy atom. The summed E-state index contributed by atoms with van der Waals surface area (Å²) >= 11 is 6.13. The summed E-state index contributed by atoms with van der Waals surface area (Å²) in [5.41, 5.74) is 3.38. The van der Waals surface area contributed by atoms with Crippen LogP contribution < -0.4 is 20.3 Å². The molecular formula is C23H19ClN4O3. The van der Waals surface area contributed by atoms with Crippen molar-refractivity contribution in [1.29, 1.82) is 0 Å². The largest absolute Gasteiger partial charge is 0.490 e. The average Bonchev–Trinajstić information content (AvgIpc) is 3.02. The molecule has 2 aromatic carbocycles. The van der Waals surface area contributed by atoms with Crippen LogP contribution in [0.4, 0.5) is 16.3 Å². The van der Waals surface area contributed by atoms with E-state index in [2.05, 4.69) is 10.6 Å². The minimum atomic E-state index is -0.365. The van der Waals surface area contributed by atoms with Gasteiger partial charge in [-0.05, 0) is 42.3 Å². The number of aromatic nitrogens is 1. The molecule has 3 amide bonds. The van der Waals surface area contributed by atoms with Crippen LogP contribution in [-0.2, 0) is 6.54 Å². The first-order valence-corrected chi connectivity index (χ1v) is 10.4. The topological polar surface area (TPSA) is 83.6 Å². The lowest BCUT2D eigenvalue weighted by molar-refractivity contribution is 0.0966. The molecule has 2 aliphatic rings. The molecule has 1 aromatic heterocycles. The molecule has 0 saturated heterocycles. The molecule has 2 N–H and O–H groups in total. The van der Waals surface area contributed by atoms with Gasteiger partial charge in [-0.2, -0.15) is 0 Å². The van der Waals surface area contributed by atoms with Crippen LogP contribution in [-0.4, -0.2) is 30.1 Å². The summed E-state index contributed by atoms with van der Waals surface area (Å²) in [6, 6.07) is 16.1. The van der Waals surface area contributed by atoms with Crippen LogP contribution in [0.2, 0.25) is 5.02 Å². The quantitative estimate of drug-likeness (QED) is 0.623. The van der Waals surface area contributed by atoms with Gasteiger partial charge < -0.3 is 15.4 Å². The molecule has 3 heterocycles. The first-order chi connectivity index (χ1) is 15.1. The van der Waals surface area contributed by atoms with Crippen LogP contribution in [0.15, 0.2) is 54.6 Å². The molecule has 0 bridgehead atoms. The number of carbonyl (C=O) groups is 2. The van der Waals surface area contributed by atoms with Gasteiger partial charge in [0.05, 0.1) is 23.6 Å². The van der Waals surface area contributed by atoms with Gasteiger partial charge in [-0.3, -0.25) is 9.69 Å². The van der Waals surface area contributed by atoms with Gasteiger partial charge in [0.15, 0.2) is 11.6 Å². The van der Waals surface area contributed by atoms with Crippen molar-refractivity contribution in [3.8, 4) is 17.0 Å². The fraction of sp³-hybridized carbons (Fsp3) is 0.174. The number of halogens is 1. The molecule has 0 radical (unpaired) electrons. The summed E-state index contributed by atoms with van der Waals surface area (Å²) in [5.74, 6) is 0.783. The number of pyridine rings is 1. The Balaban J connectivity index is 1.50. The molecule has 3 aromatic rings. The minimum absolute atomic E-state index is 0.188. The number of hydrogen-bond acceptors (Lipinski definition) is 4. The van der Waals surface area contributed by atoms with Gasteiger partial charge >= 0.3 is 6.03 Å². The predicted molar refractivity (Wildman–Crippen MR) is 119 cm³/mol. The Kier molecular flexibility index (Phi) is 4.95. The van der Waals surface area contributed by atoms with E-state index in [1.807, 2.05) is 42.5 Å². The zero-order chi connectivity index (χ0) is 21.4. The summed E-state index contributed by atoms with van der Waals surface area (Å²) in [5, 5.41) is 6.28. The van der Waals surface area contributed by atoms with E-state index in [9.17, 15) is 9.59 Å². The Labute approximate surface area is 184 Å². The molecule has 0 saturated carbocycles. The SMILES string of the molecule is O=C1NCc2cccc(NC(=O)N3CCCOc4ccc(-c5cccc(Cl)c5)nc43)c21. The lowest BCUT2D eigenvalue weighted by Crippen LogP contribution is -2.36. The van der Waals surface area contributed by atoms with Gasteiger partial charge in [0.2, 0.25) is 0 Å². The van der Waals surface area contributed by atoms with E-state index in [1.165, 1.54) is 0 Å². The van der Waals surface area contributed by atoms with Crippen molar-refractivity contribution in [3.63, 3.8) is 0 Å². The number of nitrogens with zero attached hydrogens (tertiary/aromatic N) is 2. The number of ether oxygens (including phenoxy) is 1. The van der Waals surface area contributed by atoms with Gasteiger partial charge in [0.25, 0.3) is 5.91 Å². The lowest BCUT2D eigenvalue weighted by Gasteiger charge is -2.22. The highest BCUT2D eigenvalue weighted by Gasteiger charge is 2.28. The van der Waals surface area contributed by atoms with Crippen LogP contribution >= 0.6 is 11.6 Å². The highest BCUT2D eigenvalue weighted by atomic mass is 35.5. The predicted octanol–water partition coefficient (Wildman–Crippen LogP) is 4.47. The maximum absolute atomic E-state index is 13.3. The molecule has 0 aliphatic carbocycles. The first-order valence-electron chi connectivity index (χ1n) is 9.98. The van der Waals surface area contributed by atoms with Crippen molar-refractivity contribution < 1.29 is 14.3 Å². The van der Waals surface area contributed by atoms with Crippen molar-refractivity contribution in [3.05, 3.63) is 70.7 Å². The van der Waals surface area contributed by atoms with Crippen molar-refractivity contribution >= 4 is 35.0 Å². The Morgan fingerprint density at radius 2 is 2.03 bits per heavy atom. The number of urea groups is 1. The van der Waals surface area contributed by atoms with E-state index in [4.69, 9.17) is 21.3 Å². The first kappa shape index (κ1) is 19.4. The standard InChI is InChI=1S/C23H19ClN4O3/c24-16-6-1-4-14(12-16)17-8-9-19-21(26-17)28(10-3-11-31-19)23(30)27-18-7-2-5-15-13-25-22(29)20(15)18/h1-2,4-9,12H,3,10-11,13H2,(H,25,29)(H,27,30). The van der Waals surface area contributed by atoms with E-state index in [0.29, 0.717) is 59.7 Å². The second kappa shape index (κ2) is 7.92. The molecule has 0 atom stereocenters. The van der Waals surface area contributed by atoms with Gasteiger partial charge in [0.1, 0.15) is 0 Å². The highest BCUT2D eigenvalue weighted by molar-refractivity contribution is 6.30. The van der Waals surface area contributed by atoms with Crippen LogP contribution in [0.5, 0.6) is 5.75 Å². The van der Waals surface area contributed by atoms with Gasteiger partial charge in [-0.15, -0.1) is 0 Å². The molecule has 156 valence electrons. The van der Waals surface area contributed by atoms with Gasteiger partial charge in [-0.25, -0.2) is 9.78 Å². The molecule has 0 spiro atoms. The van der Waals surface area contributed by atoms with E-state index in [1.54, 1.807) is 17.0 Å². The number of nitrogens with one attached hydrogen (secondary N) is 2. The van der Waals surface area contributed by atoms with Crippen LogP contribution in [0.3, 0.4) is 0 Å². The molecule has 7 nitrogen and oxygen atoms in total. The van der Waals surface area contributed by atoms with Crippen molar-refractivity contribution in [2.45, 2.75) is 13.0 Å². The molecular weight excluding hydrogens is 416 g/mol. The lowest BCUT2D eigenvalue weighted by atomic mass is 10.1. The van der Waals surface area contributed by atoms with E-state index < -0.39 is 0 Å². The van der Waals surface area contributed by atoms with Crippen molar-refractivity contribution in [2.75, 3.05) is 23.4 Å². The number of fused-ring (bicyclic) bond motifs is 2. The number of carbonyl (C=O) groups excluding carboxylic acids is 2. The average molecular weight is 435 g/mol. The summed E-state index contributed by atoms with van der Waals surface area (Å²) in [6.07, 6.45) is 0.656. The molecule has 31 heavy (non-hydrogen) atoms. The Hall–Kier alpha value is -3.58. The third-order valence-electron chi connectivity index (χ3n) is 5.30. The highest BCUT2D eigenvalue weighted by Crippen LogP contribution is 2.33. The summed E-state index contributed by atoms with van der Waals surface area (Å²) < 4.78 is 5.81. The van der Waals surface area contributed by atoms with Crippen molar-refractivity contribution in [2.24, 2.45) is 0 Å². The normalized spacial score (nSPS) is 14.7. The second-order valence-corrected chi connectivity index (χ2v) is 7.77. The zero-order valence-corrected chi connectivity index (χ0v) is 17.3. The number of anilines is 2. The summed E-state index contributed by atoms with van der Waals surface area (Å²) in [4.78, 5) is 31.7. The number of amides is 3. The molecule has 5 rings (SSSR count). The third-order valence-corrected chi connectivity index (χ3v) is 5.54. The summed E-state index contributed by atoms with van der Waals surface area (Å²) in [7, 11) is 0. The minimum Gasteiger partial charge on any atom is -0.490 e. The zero-order valence-electron chi connectivity index (χ0n) is 16.5. The number of rotatable bonds is 2. The Bertz CT molecular complexity index is 1200. The van der Waals surface area contributed by atoms with Crippen LogP contribution in [0, 0.1) is 0 Å². The fourth-order valence-corrected chi connectivity index (χ4v) is 4.02. The monoisotopic (exact) mass is 434 g/mol. The van der Waals surface area contributed by atoms with Crippen molar-refractivity contribution in [1.82, 2.24) is 10.3 Å². The van der Waals surface area contributed by atoms with E-state index in [0.717, 1.165) is 11.1 Å². The molecule has 8 heteroatoms. The summed E-state index contributed by atoms with van der Waals surface area (Å²) in [6.45, 7) is 1.38. The third kappa shape index (κ3) is 3.68. The van der Waals surface area contributed by atoms with Gasteiger partial charge in [-0.1, -0.05) is 35.9 Å². The number of benzene rings is 2. The van der Waals surface area contributed by atoms with Crippen LogP contribution in [0.1, 0.15) is 22.3 Å². The second-order valence-electron chi connectivity index (χ2n) is 7.33. The van der Waals surface area contributed by atoms with Crippen LogP contribution in [0.25, 0.3) is 11.3 Å². The van der Waals surface area contributed by atoms with Gasteiger partial charge in [0, 0.05) is 23.7 Å².